The fourth-order valence-electron chi connectivity index (χ4n) is 2.59. The first-order valence-corrected chi connectivity index (χ1v) is 7.94. The Morgan fingerprint density at radius 1 is 1.14 bits per heavy atom. The van der Waals surface area contributed by atoms with Crippen LogP contribution in [0.2, 0.25) is 0 Å². The van der Waals surface area contributed by atoms with Crippen molar-refractivity contribution in [1.82, 2.24) is 0 Å². The molecule has 0 aliphatic carbocycles. The molecule has 0 saturated heterocycles. The van der Waals surface area contributed by atoms with Crippen LogP contribution in [0.1, 0.15) is 22.5 Å². The normalized spacial score (nSPS) is 22.2. The molecule has 3 rings (SSSR count). The van der Waals surface area contributed by atoms with Gasteiger partial charge in [0, 0.05) is 0 Å². The van der Waals surface area contributed by atoms with Crippen molar-refractivity contribution in [3.63, 3.8) is 0 Å². The summed E-state index contributed by atoms with van der Waals surface area (Å²) in [5, 5.41) is 11.3. The zero-order valence-corrected chi connectivity index (χ0v) is 13.0. The van der Waals surface area contributed by atoms with Crippen LogP contribution in [0, 0.1) is 0 Å². The molecular formula is C17H18N2O2S. The van der Waals surface area contributed by atoms with Crippen molar-refractivity contribution in [2.24, 2.45) is 10.7 Å². The Morgan fingerprint density at radius 2 is 1.82 bits per heavy atom. The number of benzene rings is 2. The van der Waals surface area contributed by atoms with Crippen molar-refractivity contribution in [3.05, 3.63) is 65.7 Å². The summed E-state index contributed by atoms with van der Waals surface area (Å²) in [6.07, 6.45) is -0.704. The van der Waals surface area contributed by atoms with Crippen LogP contribution in [0.25, 0.3) is 0 Å². The smallest absolute Gasteiger partial charge is 0.155 e. The molecule has 1 aliphatic rings. The predicted octanol–water partition coefficient (Wildman–Crippen LogP) is 2.90. The first-order chi connectivity index (χ1) is 10.7. The first-order valence-electron chi connectivity index (χ1n) is 7.06. The summed E-state index contributed by atoms with van der Waals surface area (Å²) in [6, 6.07) is 17.1. The minimum atomic E-state index is -0.704. The molecule has 22 heavy (non-hydrogen) atoms. The maximum Gasteiger partial charge on any atom is 0.155 e. The van der Waals surface area contributed by atoms with Gasteiger partial charge in [0.1, 0.15) is 11.9 Å². The number of thioether (sulfide) groups is 1. The zero-order chi connectivity index (χ0) is 15.5. The second-order valence-electron chi connectivity index (χ2n) is 5.13. The number of methoxy groups -OCH3 is 1. The standard InChI is InChI=1S/C17H18N2O2S/c1-21-13-9-7-11(8-10-13)15(20)14-16(22-17(18)19-14)12-5-3-2-4-6-12/h2-10,14-16,20H,1H3,(H2,18,19)/t14-,15+,16-/m1/s1. The molecule has 0 radical (unpaired) electrons. The summed E-state index contributed by atoms with van der Waals surface area (Å²) in [5.74, 6) is 0.763. The van der Waals surface area contributed by atoms with Gasteiger partial charge in [-0.1, -0.05) is 54.2 Å². The maximum atomic E-state index is 10.7. The summed E-state index contributed by atoms with van der Waals surface area (Å²) in [7, 11) is 1.62. The van der Waals surface area contributed by atoms with Gasteiger partial charge < -0.3 is 15.6 Å². The van der Waals surface area contributed by atoms with Gasteiger partial charge in [-0.2, -0.15) is 0 Å². The van der Waals surface area contributed by atoms with Crippen LogP contribution in [0.3, 0.4) is 0 Å². The van der Waals surface area contributed by atoms with Crippen LogP contribution in [-0.4, -0.2) is 23.4 Å². The van der Waals surface area contributed by atoms with E-state index >= 15 is 0 Å². The number of aliphatic hydroxyl groups excluding tert-OH is 1. The highest BCUT2D eigenvalue weighted by atomic mass is 32.2. The molecule has 4 nitrogen and oxygen atoms in total. The van der Waals surface area contributed by atoms with Crippen LogP contribution in [-0.2, 0) is 0 Å². The Kier molecular flexibility index (Phi) is 4.36. The number of rotatable bonds is 4. The number of hydrogen-bond acceptors (Lipinski definition) is 5. The van der Waals surface area contributed by atoms with E-state index in [2.05, 4.69) is 4.99 Å². The van der Waals surface area contributed by atoms with Gasteiger partial charge in [0.05, 0.1) is 18.4 Å². The zero-order valence-electron chi connectivity index (χ0n) is 12.2. The first kappa shape index (κ1) is 14.9. The number of aliphatic hydroxyl groups is 1. The van der Waals surface area contributed by atoms with E-state index in [0.717, 1.165) is 16.9 Å². The molecule has 3 N–H and O–H groups in total. The van der Waals surface area contributed by atoms with Crippen molar-refractivity contribution < 1.29 is 9.84 Å². The van der Waals surface area contributed by atoms with Crippen molar-refractivity contribution in [2.45, 2.75) is 17.4 Å². The number of amidine groups is 1. The molecule has 114 valence electrons. The van der Waals surface area contributed by atoms with Crippen molar-refractivity contribution >= 4 is 16.9 Å². The summed E-state index contributed by atoms with van der Waals surface area (Å²) in [4.78, 5) is 4.44. The van der Waals surface area contributed by atoms with Gasteiger partial charge in [-0.05, 0) is 23.3 Å². The Bertz CT molecular complexity index is 658. The third kappa shape index (κ3) is 2.96. The van der Waals surface area contributed by atoms with Crippen LogP contribution in [0.15, 0.2) is 59.6 Å². The van der Waals surface area contributed by atoms with Gasteiger partial charge in [-0.3, -0.25) is 4.99 Å². The molecule has 0 spiro atoms. The second kappa shape index (κ2) is 6.42. The molecule has 2 aromatic carbocycles. The predicted molar refractivity (Wildman–Crippen MR) is 90.1 cm³/mol. The molecule has 1 aliphatic heterocycles. The monoisotopic (exact) mass is 314 g/mol. The van der Waals surface area contributed by atoms with Crippen molar-refractivity contribution in [2.75, 3.05) is 7.11 Å². The largest absolute Gasteiger partial charge is 0.497 e. The molecule has 0 saturated carbocycles. The number of ether oxygens (including phenoxy) is 1. The molecule has 5 heteroatoms. The number of hydrogen-bond donors (Lipinski definition) is 2. The molecule has 0 unspecified atom stereocenters. The van der Waals surface area contributed by atoms with E-state index in [9.17, 15) is 5.11 Å². The Morgan fingerprint density at radius 3 is 2.45 bits per heavy atom. The lowest BCUT2D eigenvalue weighted by atomic mass is 9.96. The van der Waals surface area contributed by atoms with E-state index in [-0.39, 0.29) is 11.3 Å². The van der Waals surface area contributed by atoms with E-state index in [1.54, 1.807) is 7.11 Å². The fraction of sp³-hybridized carbons (Fsp3) is 0.235. The highest BCUT2D eigenvalue weighted by Crippen LogP contribution is 2.43. The van der Waals surface area contributed by atoms with E-state index in [1.165, 1.54) is 11.8 Å². The van der Waals surface area contributed by atoms with Crippen molar-refractivity contribution in [1.29, 1.82) is 0 Å². The molecule has 0 fully saturated rings. The Balaban J connectivity index is 1.86. The number of aliphatic imine (C=N–C) groups is 1. The second-order valence-corrected chi connectivity index (χ2v) is 6.29. The van der Waals surface area contributed by atoms with Crippen LogP contribution in [0.4, 0.5) is 0 Å². The highest BCUT2D eigenvalue weighted by Gasteiger charge is 2.36. The van der Waals surface area contributed by atoms with Gasteiger partial charge >= 0.3 is 0 Å². The SMILES string of the molecule is COc1ccc([C@H](O)[C@H]2N=C(N)S[C@@H]2c2ccccc2)cc1. The van der Waals surface area contributed by atoms with Gasteiger partial charge in [0.2, 0.25) is 0 Å². The van der Waals surface area contributed by atoms with Gasteiger partial charge in [-0.25, -0.2) is 0 Å². The lowest BCUT2D eigenvalue weighted by Gasteiger charge is -2.23. The number of nitrogens with zero attached hydrogens (tertiary/aromatic N) is 1. The lowest BCUT2D eigenvalue weighted by molar-refractivity contribution is 0.147. The molecule has 0 bridgehead atoms. The van der Waals surface area contributed by atoms with Gasteiger partial charge in [-0.15, -0.1) is 0 Å². The van der Waals surface area contributed by atoms with Gasteiger partial charge in [0.15, 0.2) is 5.17 Å². The van der Waals surface area contributed by atoms with Crippen molar-refractivity contribution in [3.8, 4) is 5.75 Å². The fourth-order valence-corrected chi connectivity index (χ4v) is 3.67. The quantitative estimate of drug-likeness (QED) is 0.910. The summed E-state index contributed by atoms with van der Waals surface area (Å²) < 4.78 is 5.15. The third-order valence-corrected chi connectivity index (χ3v) is 4.89. The van der Waals surface area contributed by atoms with Gasteiger partial charge in [0.25, 0.3) is 0 Å². The topological polar surface area (TPSA) is 67.8 Å². The van der Waals surface area contributed by atoms with Crippen LogP contribution in [0.5, 0.6) is 5.75 Å². The minimum Gasteiger partial charge on any atom is -0.497 e. The third-order valence-electron chi connectivity index (χ3n) is 3.74. The van der Waals surface area contributed by atoms with E-state index in [4.69, 9.17) is 10.5 Å². The van der Waals surface area contributed by atoms with E-state index in [1.807, 2.05) is 54.6 Å². The Hall–Kier alpha value is -1.98. The average Bonchev–Trinajstić information content (AvgIpc) is 2.97. The molecule has 3 atom stereocenters. The summed E-state index contributed by atoms with van der Waals surface area (Å²) >= 11 is 1.50. The molecule has 1 heterocycles. The highest BCUT2D eigenvalue weighted by molar-refractivity contribution is 8.14. The molecule has 0 aromatic heterocycles. The van der Waals surface area contributed by atoms with Crippen LogP contribution >= 0.6 is 11.8 Å². The minimum absolute atomic E-state index is 0.0262. The summed E-state index contributed by atoms with van der Waals surface area (Å²) in [5.41, 5.74) is 7.83. The average molecular weight is 314 g/mol. The molecule has 2 aromatic rings. The molecular weight excluding hydrogens is 296 g/mol. The molecule has 0 amide bonds. The number of nitrogens with two attached hydrogens (primary N) is 1. The summed E-state index contributed by atoms with van der Waals surface area (Å²) in [6.45, 7) is 0. The lowest BCUT2D eigenvalue weighted by Crippen LogP contribution is -2.20. The Labute approximate surface area is 134 Å². The van der Waals surface area contributed by atoms with Crippen LogP contribution < -0.4 is 10.5 Å². The maximum absolute atomic E-state index is 10.7. The van der Waals surface area contributed by atoms with E-state index < -0.39 is 6.10 Å². The van der Waals surface area contributed by atoms with E-state index in [0.29, 0.717) is 5.17 Å².